The van der Waals surface area contributed by atoms with E-state index in [4.69, 9.17) is 0 Å². The Labute approximate surface area is 146 Å². The van der Waals surface area contributed by atoms with Crippen molar-refractivity contribution >= 4 is 0 Å². The Kier molecular flexibility index (Phi) is 8.51. The van der Waals surface area contributed by atoms with Crippen LogP contribution in [0.3, 0.4) is 0 Å². The summed E-state index contributed by atoms with van der Waals surface area (Å²) in [5.41, 5.74) is 3.04. The third-order valence-corrected chi connectivity index (χ3v) is 4.53. The van der Waals surface area contributed by atoms with Crippen molar-refractivity contribution in [2.45, 2.75) is 71.1 Å². The Hall–Kier alpha value is -1.70. The van der Waals surface area contributed by atoms with Gasteiger partial charge in [-0.15, -0.1) is 0 Å². The number of hydrogen-bond donors (Lipinski definition) is 0. The minimum absolute atomic E-state index is 0.425. The van der Waals surface area contributed by atoms with E-state index in [1.54, 1.807) is 6.07 Å². The molecule has 2 rings (SSSR count). The van der Waals surface area contributed by atoms with Crippen LogP contribution in [0.15, 0.2) is 42.5 Å². The van der Waals surface area contributed by atoms with Gasteiger partial charge in [-0.25, -0.2) is 4.98 Å². The van der Waals surface area contributed by atoms with Crippen LogP contribution in [0, 0.1) is 5.95 Å². The van der Waals surface area contributed by atoms with Crippen LogP contribution in [0.25, 0.3) is 11.3 Å². The highest BCUT2D eigenvalue weighted by Gasteiger charge is 2.01. The number of rotatable bonds is 11. The van der Waals surface area contributed by atoms with E-state index in [0.29, 0.717) is 5.69 Å². The lowest BCUT2D eigenvalue weighted by molar-refractivity contribution is 0.565. The Morgan fingerprint density at radius 3 is 2.00 bits per heavy atom. The van der Waals surface area contributed by atoms with Crippen molar-refractivity contribution < 1.29 is 4.39 Å². The molecule has 0 aliphatic rings. The molecular weight excluding hydrogens is 297 g/mol. The quantitative estimate of drug-likeness (QED) is 0.321. The molecule has 0 aliphatic carbocycles. The Morgan fingerprint density at radius 1 is 0.750 bits per heavy atom. The maximum Gasteiger partial charge on any atom is 0.213 e. The lowest BCUT2D eigenvalue weighted by atomic mass is 10.0. The van der Waals surface area contributed by atoms with E-state index in [1.165, 1.54) is 69.4 Å². The molecule has 0 radical (unpaired) electrons. The van der Waals surface area contributed by atoms with Gasteiger partial charge in [0.1, 0.15) is 0 Å². The lowest BCUT2D eigenvalue weighted by Crippen LogP contribution is -1.89. The van der Waals surface area contributed by atoms with Crippen LogP contribution in [0.2, 0.25) is 0 Å². The second kappa shape index (κ2) is 11.0. The van der Waals surface area contributed by atoms with E-state index >= 15 is 0 Å². The van der Waals surface area contributed by atoms with Crippen LogP contribution in [0.5, 0.6) is 0 Å². The Balaban J connectivity index is 1.64. The zero-order valence-corrected chi connectivity index (χ0v) is 14.9. The predicted octanol–water partition coefficient (Wildman–Crippen LogP) is 6.96. The van der Waals surface area contributed by atoms with E-state index in [2.05, 4.69) is 24.0 Å². The summed E-state index contributed by atoms with van der Waals surface area (Å²) in [6.07, 6.45) is 13.4. The summed E-state index contributed by atoms with van der Waals surface area (Å²) >= 11 is 0. The van der Waals surface area contributed by atoms with Crippen LogP contribution in [-0.4, -0.2) is 4.98 Å². The van der Waals surface area contributed by atoms with Crippen molar-refractivity contribution in [2.75, 3.05) is 0 Å². The predicted molar refractivity (Wildman–Crippen MR) is 101 cm³/mol. The van der Waals surface area contributed by atoms with Crippen LogP contribution < -0.4 is 0 Å². The van der Waals surface area contributed by atoms with E-state index < -0.39 is 5.95 Å². The average molecular weight is 327 g/mol. The van der Waals surface area contributed by atoms with Crippen LogP contribution in [0.4, 0.5) is 4.39 Å². The normalized spacial score (nSPS) is 10.9. The lowest BCUT2D eigenvalue weighted by Gasteiger charge is -2.05. The van der Waals surface area contributed by atoms with E-state index in [-0.39, 0.29) is 0 Å². The Morgan fingerprint density at radius 2 is 1.38 bits per heavy atom. The summed E-state index contributed by atoms with van der Waals surface area (Å²) in [6, 6.07) is 13.3. The number of hydrogen-bond acceptors (Lipinski definition) is 1. The van der Waals surface area contributed by atoms with Gasteiger partial charge in [-0.2, -0.15) is 4.39 Å². The van der Waals surface area contributed by atoms with Crippen molar-refractivity contribution in [1.82, 2.24) is 4.98 Å². The van der Waals surface area contributed by atoms with Crippen molar-refractivity contribution in [2.24, 2.45) is 0 Å². The third kappa shape index (κ3) is 6.82. The molecule has 0 atom stereocenters. The molecule has 0 saturated heterocycles. The number of pyridine rings is 1. The number of aromatic nitrogens is 1. The highest BCUT2D eigenvalue weighted by atomic mass is 19.1. The first-order valence-electron chi connectivity index (χ1n) is 9.51. The molecular formula is C22H30FN. The summed E-state index contributed by atoms with van der Waals surface area (Å²) in [4.78, 5) is 3.93. The van der Waals surface area contributed by atoms with Crippen molar-refractivity contribution in [3.05, 3.63) is 54.0 Å². The fourth-order valence-electron chi connectivity index (χ4n) is 3.05. The molecule has 0 bridgehead atoms. The number of halogens is 1. The number of benzene rings is 1. The minimum atomic E-state index is -0.425. The van der Waals surface area contributed by atoms with Gasteiger partial charge in [-0.05, 0) is 30.5 Å². The van der Waals surface area contributed by atoms with Crippen molar-refractivity contribution in [1.29, 1.82) is 0 Å². The fraction of sp³-hybridized carbons (Fsp3) is 0.500. The zero-order chi connectivity index (χ0) is 17.0. The number of aryl methyl sites for hydroxylation is 1. The second-order valence-electron chi connectivity index (χ2n) is 6.62. The maximum absolute atomic E-state index is 13.2. The molecule has 1 aromatic heterocycles. The van der Waals surface area contributed by atoms with Gasteiger partial charge in [0.15, 0.2) is 0 Å². The first-order chi connectivity index (χ1) is 11.8. The van der Waals surface area contributed by atoms with Crippen LogP contribution in [0.1, 0.15) is 70.3 Å². The van der Waals surface area contributed by atoms with Gasteiger partial charge in [-0.3, -0.25) is 0 Å². The van der Waals surface area contributed by atoms with Gasteiger partial charge < -0.3 is 0 Å². The van der Waals surface area contributed by atoms with Gasteiger partial charge in [0.05, 0.1) is 5.69 Å². The second-order valence-corrected chi connectivity index (χ2v) is 6.62. The summed E-state index contributed by atoms with van der Waals surface area (Å²) in [5.74, 6) is -0.425. The largest absolute Gasteiger partial charge is 0.220 e. The summed E-state index contributed by atoms with van der Waals surface area (Å²) in [5, 5.41) is 0. The minimum Gasteiger partial charge on any atom is -0.220 e. The first kappa shape index (κ1) is 18.6. The number of nitrogens with zero attached hydrogens (tertiary/aromatic N) is 1. The highest BCUT2D eigenvalue weighted by Crippen LogP contribution is 2.19. The third-order valence-electron chi connectivity index (χ3n) is 4.53. The van der Waals surface area contributed by atoms with Gasteiger partial charge in [0.25, 0.3) is 0 Å². The average Bonchev–Trinajstić information content (AvgIpc) is 2.61. The molecule has 24 heavy (non-hydrogen) atoms. The fourth-order valence-corrected chi connectivity index (χ4v) is 3.05. The summed E-state index contributed by atoms with van der Waals surface area (Å²) in [6.45, 7) is 2.27. The maximum atomic E-state index is 13.2. The molecule has 1 aromatic carbocycles. The van der Waals surface area contributed by atoms with Gasteiger partial charge in [-0.1, -0.05) is 88.6 Å². The molecule has 0 unspecified atom stereocenters. The van der Waals surface area contributed by atoms with E-state index in [1.807, 2.05) is 18.2 Å². The smallest absolute Gasteiger partial charge is 0.213 e. The van der Waals surface area contributed by atoms with E-state index in [0.717, 1.165) is 12.0 Å². The molecule has 0 fully saturated rings. The Bertz CT molecular complexity index is 577. The van der Waals surface area contributed by atoms with Crippen LogP contribution >= 0.6 is 0 Å². The molecule has 0 saturated carbocycles. The number of unbranched alkanes of at least 4 members (excludes halogenated alkanes) is 8. The molecule has 0 amide bonds. The van der Waals surface area contributed by atoms with Crippen molar-refractivity contribution in [3.8, 4) is 11.3 Å². The van der Waals surface area contributed by atoms with Gasteiger partial charge >= 0.3 is 0 Å². The highest BCUT2D eigenvalue weighted by molar-refractivity contribution is 5.59. The van der Waals surface area contributed by atoms with Crippen molar-refractivity contribution in [3.63, 3.8) is 0 Å². The van der Waals surface area contributed by atoms with Crippen LogP contribution in [-0.2, 0) is 6.42 Å². The monoisotopic (exact) mass is 327 g/mol. The molecule has 0 aliphatic heterocycles. The zero-order valence-electron chi connectivity index (χ0n) is 14.9. The molecule has 2 heteroatoms. The molecule has 1 heterocycles. The topological polar surface area (TPSA) is 12.9 Å². The van der Waals surface area contributed by atoms with Gasteiger partial charge in [0, 0.05) is 5.56 Å². The molecule has 0 spiro atoms. The standard InChI is InChI=1S/C22H30FN/c1-2-3-4-5-6-7-8-9-10-12-19-15-17-20(18-16-19)21-13-11-14-22(23)24-21/h11,13-18H,2-10,12H2,1H3. The SMILES string of the molecule is CCCCCCCCCCCc1ccc(-c2cccc(F)n2)cc1. The molecule has 0 N–H and O–H groups in total. The molecule has 130 valence electrons. The first-order valence-corrected chi connectivity index (χ1v) is 9.51. The molecule has 2 aromatic rings. The van der Waals surface area contributed by atoms with Gasteiger partial charge in [0.2, 0.25) is 5.95 Å². The molecule has 1 nitrogen and oxygen atoms in total. The van der Waals surface area contributed by atoms with E-state index in [9.17, 15) is 4.39 Å². The summed E-state index contributed by atoms with van der Waals surface area (Å²) in [7, 11) is 0. The summed E-state index contributed by atoms with van der Waals surface area (Å²) < 4.78 is 13.2.